The second kappa shape index (κ2) is 10.5. The van der Waals surface area contributed by atoms with Gasteiger partial charge in [-0.2, -0.15) is 0 Å². The molecule has 2 heterocycles. The van der Waals surface area contributed by atoms with Crippen LogP contribution >= 0.6 is 47.1 Å². The summed E-state index contributed by atoms with van der Waals surface area (Å²) >= 11 is 9.52. The zero-order valence-electron chi connectivity index (χ0n) is 17.1. The maximum Gasteiger partial charge on any atom is 0.260 e. The molecule has 0 fully saturated rings. The van der Waals surface area contributed by atoms with Gasteiger partial charge in [-0.1, -0.05) is 29.0 Å². The molecule has 0 unspecified atom stereocenters. The summed E-state index contributed by atoms with van der Waals surface area (Å²) in [5.74, 6) is -0.0545. The van der Waals surface area contributed by atoms with Gasteiger partial charge in [0.15, 0.2) is 5.13 Å². The Morgan fingerprint density at radius 3 is 2.65 bits per heavy atom. The topological polar surface area (TPSA) is 51.0 Å². The number of halogens is 2. The van der Waals surface area contributed by atoms with Crippen LogP contribution in [0.5, 0.6) is 0 Å². The summed E-state index contributed by atoms with van der Waals surface area (Å²) in [6.45, 7) is 3.34. The van der Waals surface area contributed by atoms with Gasteiger partial charge in [0, 0.05) is 35.9 Å². The molecule has 0 aliphatic rings. The number of anilines is 1. The summed E-state index contributed by atoms with van der Waals surface area (Å²) in [7, 11) is 0. The average Bonchev–Trinajstić information content (AvgIpc) is 3.44. The van der Waals surface area contributed by atoms with Gasteiger partial charge in [-0.3, -0.25) is 9.69 Å². The minimum atomic E-state index is -0.0545. The Morgan fingerprint density at radius 1 is 1.23 bits per heavy atom. The molecule has 0 atom stereocenters. The molecule has 0 spiro atoms. The fourth-order valence-corrected chi connectivity index (χ4v) is 4.96. The first-order valence-electron chi connectivity index (χ1n) is 9.54. The van der Waals surface area contributed by atoms with E-state index in [2.05, 4.69) is 4.98 Å². The summed E-state index contributed by atoms with van der Waals surface area (Å²) in [4.78, 5) is 25.2. The van der Waals surface area contributed by atoms with Gasteiger partial charge in [-0.25, -0.2) is 9.97 Å². The number of aryl methyl sites for hydroxylation is 2. The molecule has 0 bridgehead atoms. The molecule has 0 N–H and O–H groups in total. The number of carbonyl (C=O) groups is 1. The standard InChI is InChI=1S/C22H21ClN4OS2.ClH/c1-15-4-9-18(23)20-19(15)25-22(30-20)27(12-3-11-26-13-10-24-14-26)21(28)16-5-7-17(29-2)8-6-16;/h4-10,13-14H,3,11-12H2,1-2H3;1H. The number of nitrogens with zero attached hydrogens (tertiary/aromatic N) is 4. The molecule has 4 aromatic rings. The van der Waals surface area contributed by atoms with E-state index in [1.54, 1.807) is 29.2 Å². The van der Waals surface area contributed by atoms with Crippen molar-refractivity contribution in [1.82, 2.24) is 14.5 Å². The first-order valence-corrected chi connectivity index (χ1v) is 12.0. The molecular formula is C22H22Cl2N4OS2. The van der Waals surface area contributed by atoms with E-state index in [1.165, 1.54) is 11.3 Å². The lowest BCUT2D eigenvalue weighted by Gasteiger charge is -2.20. The van der Waals surface area contributed by atoms with Crippen molar-refractivity contribution in [3.63, 3.8) is 0 Å². The number of hydrogen-bond donors (Lipinski definition) is 0. The number of carbonyl (C=O) groups excluding carboxylic acids is 1. The molecule has 0 radical (unpaired) electrons. The van der Waals surface area contributed by atoms with E-state index < -0.39 is 0 Å². The number of aromatic nitrogens is 3. The third kappa shape index (κ3) is 5.23. The summed E-state index contributed by atoms with van der Waals surface area (Å²) in [6.07, 6.45) is 8.27. The molecule has 9 heteroatoms. The van der Waals surface area contributed by atoms with Crippen molar-refractivity contribution in [3.8, 4) is 0 Å². The second-order valence-electron chi connectivity index (χ2n) is 6.88. The Balaban J connectivity index is 0.00000272. The van der Waals surface area contributed by atoms with Gasteiger partial charge < -0.3 is 4.57 Å². The lowest BCUT2D eigenvalue weighted by atomic mass is 10.2. The first-order chi connectivity index (χ1) is 14.6. The highest BCUT2D eigenvalue weighted by molar-refractivity contribution is 7.98. The monoisotopic (exact) mass is 492 g/mol. The van der Waals surface area contributed by atoms with Gasteiger partial charge in [0.25, 0.3) is 5.91 Å². The molecule has 0 aliphatic carbocycles. The molecule has 2 aromatic heterocycles. The van der Waals surface area contributed by atoms with Crippen LogP contribution in [0.4, 0.5) is 5.13 Å². The number of fused-ring (bicyclic) bond motifs is 1. The fourth-order valence-electron chi connectivity index (χ4n) is 3.21. The largest absolute Gasteiger partial charge is 0.337 e. The number of rotatable bonds is 7. The molecule has 31 heavy (non-hydrogen) atoms. The molecule has 5 nitrogen and oxygen atoms in total. The van der Waals surface area contributed by atoms with E-state index in [0.29, 0.717) is 22.3 Å². The molecule has 4 rings (SSSR count). The van der Waals surface area contributed by atoms with Crippen molar-refractivity contribution in [2.75, 3.05) is 17.7 Å². The lowest BCUT2D eigenvalue weighted by Crippen LogP contribution is -2.32. The van der Waals surface area contributed by atoms with Crippen LogP contribution in [0.25, 0.3) is 10.2 Å². The first kappa shape index (κ1) is 23.6. The van der Waals surface area contributed by atoms with Gasteiger partial charge in [0.05, 0.1) is 21.6 Å². The minimum Gasteiger partial charge on any atom is -0.337 e. The van der Waals surface area contributed by atoms with Crippen LogP contribution in [0.1, 0.15) is 22.3 Å². The van der Waals surface area contributed by atoms with Crippen LogP contribution in [0.3, 0.4) is 0 Å². The molecule has 0 aliphatic heterocycles. The Hall–Kier alpha value is -2.06. The number of amides is 1. The van der Waals surface area contributed by atoms with Crippen molar-refractivity contribution < 1.29 is 4.79 Å². The summed E-state index contributed by atoms with van der Waals surface area (Å²) < 4.78 is 2.92. The van der Waals surface area contributed by atoms with E-state index in [-0.39, 0.29) is 18.3 Å². The number of imidazole rings is 1. The van der Waals surface area contributed by atoms with Gasteiger partial charge in [0.2, 0.25) is 0 Å². The molecular weight excluding hydrogens is 471 g/mol. The zero-order chi connectivity index (χ0) is 21.1. The summed E-state index contributed by atoms with van der Waals surface area (Å²) in [5, 5.41) is 1.33. The second-order valence-corrected chi connectivity index (χ2v) is 9.14. The fraction of sp³-hybridized carbons (Fsp3) is 0.227. The molecule has 0 saturated heterocycles. The lowest BCUT2D eigenvalue weighted by molar-refractivity contribution is 0.0986. The van der Waals surface area contributed by atoms with Crippen molar-refractivity contribution in [2.45, 2.75) is 24.8 Å². The normalized spacial score (nSPS) is 10.8. The van der Waals surface area contributed by atoms with E-state index in [9.17, 15) is 4.79 Å². The van der Waals surface area contributed by atoms with E-state index in [4.69, 9.17) is 16.6 Å². The van der Waals surface area contributed by atoms with E-state index >= 15 is 0 Å². The minimum absolute atomic E-state index is 0. The molecule has 162 valence electrons. The van der Waals surface area contributed by atoms with Crippen LogP contribution in [-0.2, 0) is 6.54 Å². The van der Waals surface area contributed by atoms with Crippen LogP contribution in [0.2, 0.25) is 5.02 Å². The van der Waals surface area contributed by atoms with Crippen molar-refractivity contribution >= 4 is 68.4 Å². The zero-order valence-corrected chi connectivity index (χ0v) is 20.3. The third-order valence-corrected chi connectivity index (χ3v) is 7.14. The highest BCUT2D eigenvalue weighted by atomic mass is 35.5. The third-order valence-electron chi connectivity index (χ3n) is 4.86. The maximum absolute atomic E-state index is 13.4. The highest BCUT2D eigenvalue weighted by Gasteiger charge is 2.22. The Kier molecular flexibility index (Phi) is 8.00. The average molecular weight is 493 g/mol. The predicted molar refractivity (Wildman–Crippen MR) is 133 cm³/mol. The van der Waals surface area contributed by atoms with E-state index in [1.807, 2.05) is 60.3 Å². The smallest absolute Gasteiger partial charge is 0.260 e. The number of hydrogen-bond acceptors (Lipinski definition) is 5. The van der Waals surface area contributed by atoms with E-state index in [0.717, 1.165) is 33.6 Å². The van der Waals surface area contributed by atoms with Crippen LogP contribution in [0, 0.1) is 6.92 Å². The highest BCUT2D eigenvalue weighted by Crippen LogP contribution is 2.36. The van der Waals surface area contributed by atoms with Crippen LogP contribution in [-0.4, -0.2) is 33.2 Å². The molecule has 1 amide bonds. The Labute approximate surface area is 200 Å². The van der Waals surface area contributed by atoms with Crippen molar-refractivity contribution in [1.29, 1.82) is 0 Å². The Morgan fingerprint density at radius 2 is 2.00 bits per heavy atom. The van der Waals surface area contributed by atoms with Gasteiger partial charge in [-0.15, -0.1) is 24.2 Å². The number of thiazole rings is 1. The quantitative estimate of drug-likeness (QED) is 0.282. The SMILES string of the molecule is CSc1ccc(C(=O)N(CCCn2ccnc2)c2nc3c(C)ccc(Cl)c3s2)cc1.Cl. The van der Waals surface area contributed by atoms with Gasteiger partial charge in [-0.05, 0) is 55.5 Å². The van der Waals surface area contributed by atoms with Crippen molar-refractivity contribution in [3.05, 3.63) is 71.3 Å². The summed E-state index contributed by atoms with van der Waals surface area (Å²) in [6, 6.07) is 11.5. The maximum atomic E-state index is 13.4. The molecule has 0 saturated carbocycles. The summed E-state index contributed by atoms with van der Waals surface area (Å²) in [5.41, 5.74) is 2.55. The Bertz CT molecular complexity index is 1120. The van der Waals surface area contributed by atoms with Crippen molar-refractivity contribution in [2.24, 2.45) is 0 Å². The number of thioether (sulfide) groups is 1. The number of benzene rings is 2. The predicted octanol–water partition coefficient (Wildman–Crippen LogP) is 6.34. The van der Waals surface area contributed by atoms with Crippen LogP contribution in [0.15, 0.2) is 60.0 Å². The van der Waals surface area contributed by atoms with Crippen LogP contribution < -0.4 is 4.90 Å². The van der Waals surface area contributed by atoms with Gasteiger partial charge >= 0.3 is 0 Å². The molecule has 2 aromatic carbocycles. The van der Waals surface area contributed by atoms with Gasteiger partial charge in [0.1, 0.15) is 0 Å².